The van der Waals surface area contributed by atoms with E-state index in [0.29, 0.717) is 0 Å². The first-order valence-electron chi connectivity index (χ1n) is 5.83. The Bertz CT molecular complexity index is 554. The van der Waals surface area contributed by atoms with Gasteiger partial charge in [0.2, 0.25) is 0 Å². The minimum Gasteiger partial charge on any atom is -0.324 e. The van der Waals surface area contributed by atoms with Crippen LogP contribution in [0.5, 0.6) is 0 Å². The maximum atomic E-state index is 6.27. The molecule has 1 nitrogen and oxygen atoms in total. The van der Waals surface area contributed by atoms with Crippen molar-refractivity contribution in [2.24, 2.45) is 5.73 Å². The average Bonchev–Trinajstić information content (AvgIpc) is 2.32. The Morgan fingerprint density at radius 2 is 1.94 bits per heavy atom. The topological polar surface area (TPSA) is 26.0 Å². The molecule has 2 aromatic carbocycles. The van der Waals surface area contributed by atoms with Crippen LogP contribution < -0.4 is 5.73 Å². The fourth-order valence-corrected chi connectivity index (χ4v) is 2.68. The fraction of sp³-hybridized carbons (Fsp3) is 0.200. The summed E-state index contributed by atoms with van der Waals surface area (Å²) in [7, 11) is 0. The second kappa shape index (κ2) is 5.87. The molecule has 0 aliphatic heterocycles. The van der Waals surface area contributed by atoms with Crippen LogP contribution in [0.15, 0.2) is 46.9 Å². The first-order valence-corrected chi connectivity index (χ1v) is 7.00. The molecule has 2 N–H and O–H groups in total. The third-order valence-electron chi connectivity index (χ3n) is 3.05. The van der Waals surface area contributed by atoms with Gasteiger partial charge in [-0.05, 0) is 48.2 Å². The second-order valence-electron chi connectivity index (χ2n) is 4.39. The number of halogens is 2. The van der Waals surface area contributed by atoms with Crippen LogP contribution in [-0.4, -0.2) is 0 Å². The molecule has 0 saturated heterocycles. The van der Waals surface area contributed by atoms with E-state index in [1.165, 1.54) is 5.56 Å². The largest absolute Gasteiger partial charge is 0.324 e. The molecule has 0 saturated carbocycles. The first kappa shape index (κ1) is 13.6. The summed E-state index contributed by atoms with van der Waals surface area (Å²) < 4.78 is 1.08. The van der Waals surface area contributed by atoms with Crippen molar-refractivity contribution in [2.75, 3.05) is 0 Å². The lowest BCUT2D eigenvalue weighted by atomic mass is 9.96. The fourth-order valence-electron chi connectivity index (χ4n) is 2.05. The molecule has 0 aromatic heterocycles. The maximum Gasteiger partial charge on any atom is 0.0438 e. The van der Waals surface area contributed by atoms with Crippen LogP contribution in [0, 0.1) is 6.92 Å². The SMILES string of the molecule is Cc1c(Cl)cccc1C(N)Cc1cccc(Br)c1. The smallest absolute Gasteiger partial charge is 0.0438 e. The van der Waals surface area contributed by atoms with Crippen molar-refractivity contribution in [3.63, 3.8) is 0 Å². The number of rotatable bonds is 3. The van der Waals surface area contributed by atoms with Crippen LogP contribution in [0.2, 0.25) is 5.02 Å². The van der Waals surface area contributed by atoms with Crippen LogP contribution in [0.4, 0.5) is 0 Å². The summed E-state index contributed by atoms with van der Waals surface area (Å²) in [5, 5.41) is 0.775. The highest BCUT2D eigenvalue weighted by Gasteiger charge is 2.11. The van der Waals surface area contributed by atoms with Gasteiger partial charge in [0.25, 0.3) is 0 Å². The molecular weight excluding hydrogens is 310 g/mol. The first-order chi connectivity index (χ1) is 8.58. The molecule has 1 unspecified atom stereocenters. The summed E-state index contributed by atoms with van der Waals surface area (Å²) in [6.07, 6.45) is 0.806. The van der Waals surface area contributed by atoms with E-state index in [1.807, 2.05) is 37.3 Å². The minimum atomic E-state index is -0.0296. The predicted molar refractivity (Wildman–Crippen MR) is 81.0 cm³/mol. The molecule has 0 aliphatic rings. The molecular formula is C15H15BrClN. The Hall–Kier alpha value is -0.830. The van der Waals surface area contributed by atoms with E-state index in [0.717, 1.165) is 27.0 Å². The van der Waals surface area contributed by atoms with Crippen LogP contribution >= 0.6 is 27.5 Å². The lowest BCUT2D eigenvalue weighted by molar-refractivity contribution is 0.716. The molecule has 0 heterocycles. The van der Waals surface area contributed by atoms with E-state index in [2.05, 4.69) is 28.1 Å². The van der Waals surface area contributed by atoms with Crippen molar-refractivity contribution in [2.45, 2.75) is 19.4 Å². The van der Waals surface area contributed by atoms with Gasteiger partial charge in [-0.2, -0.15) is 0 Å². The van der Waals surface area contributed by atoms with Gasteiger partial charge in [0.15, 0.2) is 0 Å². The van der Waals surface area contributed by atoms with Crippen LogP contribution in [0.25, 0.3) is 0 Å². The molecule has 0 spiro atoms. The third kappa shape index (κ3) is 3.14. The molecule has 3 heteroatoms. The van der Waals surface area contributed by atoms with Gasteiger partial charge in [-0.3, -0.25) is 0 Å². The molecule has 2 rings (SSSR count). The Labute approximate surface area is 121 Å². The lowest BCUT2D eigenvalue weighted by Gasteiger charge is -2.16. The lowest BCUT2D eigenvalue weighted by Crippen LogP contribution is -2.14. The highest BCUT2D eigenvalue weighted by atomic mass is 79.9. The van der Waals surface area contributed by atoms with E-state index in [9.17, 15) is 0 Å². The summed E-state index contributed by atoms with van der Waals surface area (Å²) >= 11 is 9.60. The van der Waals surface area contributed by atoms with Gasteiger partial charge in [0, 0.05) is 15.5 Å². The van der Waals surface area contributed by atoms with Crippen molar-refractivity contribution in [3.05, 3.63) is 68.7 Å². The van der Waals surface area contributed by atoms with E-state index >= 15 is 0 Å². The standard InChI is InChI=1S/C15H15BrClN/c1-10-13(6-3-7-14(10)17)15(18)9-11-4-2-5-12(16)8-11/h2-8,15H,9,18H2,1H3. The van der Waals surface area contributed by atoms with E-state index < -0.39 is 0 Å². The van der Waals surface area contributed by atoms with Gasteiger partial charge in [-0.15, -0.1) is 0 Å². The Morgan fingerprint density at radius 3 is 2.67 bits per heavy atom. The molecule has 0 aliphatic carbocycles. The van der Waals surface area contributed by atoms with Crippen LogP contribution in [0.3, 0.4) is 0 Å². The number of hydrogen-bond donors (Lipinski definition) is 1. The van der Waals surface area contributed by atoms with Gasteiger partial charge >= 0.3 is 0 Å². The van der Waals surface area contributed by atoms with Crippen molar-refractivity contribution in [1.29, 1.82) is 0 Å². The Morgan fingerprint density at radius 1 is 1.22 bits per heavy atom. The van der Waals surface area contributed by atoms with Crippen molar-refractivity contribution < 1.29 is 0 Å². The number of benzene rings is 2. The Kier molecular flexibility index (Phi) is 4.44. The third-order valence-corrected chi connectivity index (χ3v) is 3.96. The van der Waals surface area contributed by atoms with Gasteiger partial charge in [0.1, 0.15) is 0 Å². The normalized spacial score (nSPS) is 12.4. The van der Waals surface area contributed by atoms with Gasteiger partial charge in [0.05, 0.1) is 0 Å². The van der Waals surface area contributed by atoms with Crippen LogP contribution in [-0.2, 0) is 6.42 Å². The molecule has 2 aromatic rings. The van der Waals surface area contributed by atoms with Gasteiger partial charge in [-0.1, -0.05) is 51.8 Å². The summed E-state index contributed by atoms with van der Waals surface area (Å²) in [5.74, 6) is 0. The highest BCUT2D eigenvalue weighted by molar-refractivity contribution is 9.10. The Balaban J connectivity index is 2.22. The number of hydrogen-bond acceptors (Lipinski definition) is 1. The summed E-state index contributed by atoms with van der Waals surface area (Å²) in [6, 6.07) is 14.1. The van der Waals surface area contributed by atoms with Crippen molar-refractivity contribution in [3.8, 4) is 0 Å². The summed E-state index contributed by atoms with van der Waals surface area (Å²) in [6.45, 7) is 2.01. The molecule has 0 fully saturated rings. The second-order valence-corrected chi connectivity index (χ2v) is 5.72. The van der Waals surface area contributed by atoms with E-state index in [4.69, 9.17) is 17.3 Å². The quantitative estimate of drug-likeness (QED) is 0.873. The van der Waals surface area contributed by atoms with Crippen LogP contribution in [0.1, 0.15) is 22.7 Å². The van der Waals surface area contributed by atoms with Gasteiger partial charge in [-0.25, -0.2) is 0 Å². The zero-order valence-corrected chi connectivity index (χ0v) is 12.5. The molecule has 0 bridgehead atoms. The average molecular weight is 325 g/mol. The highest BCUT2D eigenvalue weighted by Crippen LogP contribution is 2.25. The zero-order valence-electron chi connectivity index (χ0n) is 10.2. The summed E-state index contributed by atoms with van der Waals surface area (Å²) in [5.41, 5.74) is 9.68. The maximum absolute atomic E-state index is 6.27. The molecule has 1 atom stereocenters. The predicted octanol–water partition coefficient (Wildman–Crippen LogP) is 4.65. The van der Waals surface area contributed by atoms with E-state index in [1.54, 1.807) is 0 Å². The molecule has 94 valence electrons. The van der Waals surface area contributed by atoms with Gasteiger partial charge < -0.3 is 5.73 Å². The van der Waals surface area contributed by atoms with E-state index in [-0.39, 0.29) is 6.04 Å². The monoisotopic (exact) mass is 323 g/mol. The molecule has 0 radical (unpaired) electrons. The van der Waals surface area contributed by atoms with Crippen molar-refractivity contribution >= 4 is 27.5 Å². The molecule has 18 heavy (non-hydrogen) atoms. The zero-order chi connectivity index (χ0) is 13.1. The summed E-state index contributed by atoms with van der Waals surface area (Å²) in [4.78, 5) is 0. The minimum absolute atomic E-state index is 0.0296. The molecule has 0 amide bonds. The van der Waals surface area contributed by atoms with Crippen molar-refractivity contribution in [1.82, 2.24) is 0 Å². The number of nitrogens with two attached hydrogens (primary N) is 1.